The van der Waals surface area contributed by atoms with Gasteiger partial charge in [0, 0.05) is 25.0 Å². The first-order chi connectivity index (χ1) is 10.3. The van der Waals surface area contributed by atoms with E-state index in [0.29, 0.717) is 10.8 Å². The number of likely N-dealkylation sites (tertiary alicyclic amines) is 1. The maximum atomic E-state index is 3.65. The van der Waals surface area contributed by atoms with Crippen LogP contribution in [-0.2, 0) is 5.41 Å². The summed E-state index contributed by atoms with van der Waals surface area (Å²) >= 11 is 0. The highest BCUT2D eigenvalue weighted by atomic mass is 15.2. The quantitative estimate of drug-likeness (QED) is 0.917. The lowest BCUT2D eigenvalue weighted by atomic mass is 9.74. The van der Waals surface area contributed by atoms with E-state index in [1.165, 1.54) is 71.2 Å². The van der Waals surface area contributed by atoms with E-state index in [4.69, 9.17) is 0 Å². The number of piperidine rings is 2. The average molecular weight is 284 g/mol. The fraction of sp³-hybridized carbons (Fsp3) is 0.684. The molecule has 1 saturated carbocycles. The molecule has 0 aromatic heterocycles. The van der Waals surface area contributed by atoms with E-state index < -0.39 is 0 Å². The first-order valence-corrected chi connectivity index (χ1v) is 8.79. The Balaban J connectivity index is 1.45. The molecule has 1 aromatic rings. The first kappa shape index (κ1) is 13.8. The van der Waals surface area contributed by atoms with Crippen molar-refractivity contribution in [2.24, 2.45) is 5.41 Å². The molecule has 3 aliphatic rings. The number of rotatable bonds is 3. The van der Waals surface area contributed by atoms with E-state index in [2.05, 4.69) is 40.5 Å². The van der Waals surface area contributed by atoms with Gasteiger partial charge in [-0.15, -0.1) is 0 Å². The van der Waals surface area contributed by atoms with Crippen LogP contribution in [0.25, 0.3) is 0 Å². The van der Waals surface area contributed by atoms with E-state index in [9.17, 15) is 0 Å². The van der Waals surface area contributed by atoms with Crippen LogP contribution in [0.2, 0.25) is 0 Å². The van der Waals surface area contributed by atoms with E-state index in [-0.39, 0.29) is 0 Å². The molecule has 0 bridgehead atoms. The van der Waals surface area contributed by atoms with Gasteiger partial charge < -0.3 is 10.2 Å². The second-order valence-electron chi connectivity index (χ2n) is 7.74. The van der Waals surface area contributed by atoms with E-state index in [1.807, 2.05) is 0 Å². The van der Waals surface area contributed by atoms with Gasteiger partial charge in [-0.1, -0.05) is 30.3 Å². The molecule has 114 valence electrons. The summed E-state index contributed by atoms with van der Waals surface area (Å²) in [7, 11) is 0. The third kappa shape index (κ3) is 2.76. The monoisotopic (exact) mass is 284 g/mol. The van der Waals surface area contributed by atoms with Crippen molar-refractivity contribution in [3.05, 3.63) is 35.9 Å². The first-order valence-electron chi connectivity index (χ1n) is 8.79. The summed E-state index contributed by atoms with van der Waals surface area (Å²) < 4.78 is 0. The van der Waals surface area contributed by atoms with E-state index >= 15 is 0 Å². The van der Waals surface area contributed by atoms with Gasteiger partial charge >= 0.3 is 0 Å². The highest BCUT2D eigenvalue weighted by Crippen LogP contribution is 2.49. The van der Waals surface area contributed by atoms with Crippen LogP contribution >= 0.6 is 0 Å². The molecule has 2 heteroatoms. The number of nitrogens with zero attached hydrogens (tertiary/aromatic N) is 1. The second-order valence-corrected chi connectivity index (χ2v) is 7.74. The lowest BCUT2D eigenvalue weighted by Crippen LogP contribution is -2.52. The zero-order chi connectivity index (χ0) is 14.2. The van der Waals surface area contributed by atoms with Crippen molar-refractivity contribution in [3.8, 4) is 0 Å². The van der Waals surface area contributed by atoms with Gasteiger partial charge in [-0.25, -0.2) is 0 Å². The van der Waals surface area contributed by atoms with E-state index in [1.54, 1.807) is 5.56 Å². The molecule has 2 heterocycles. The zero-order valence-electron chi connectivity index (χ0n) is 13.1. The number of nitrogens with one attached hydrogen (secondary N) is 1. The van der Waals surface area contributed by atoms with Gasteiger partial charge in [-0.05, 0) is 62.6 Å². The number of hydrogen-bond donors (Lipinski definition) is 1. The molecule has 1 aromatic carbocycles. The molecule has 1 spiro atoms. The summed E-state index contributed by atoms with van der Waals surface area (Å²) in [6.07, 6.45) is 8.42. The van der Waals surface area contributed by atoms with Gasteiger partial charge in [0.05, 0.1) is 0 Å². The molecular formula is C19H28N2. The summed E-state index contributed by atoms with van der Waals surface area (Å²) in [6.45, 7) is 6.42. The van der Waals surface area contributed by atoms with Crippen molar-refractivity contribution >= 4 is 0 Å². The molecule has 1 aliphatic carbocycles. The van der Waals surface area contributed by atoms with E-state index in [0.717, 1.165) is 0 Å². The van der Waals surface area contributed by atoms with Crippen molar-refractivity contribution in [1.29, 1.82) is 0 Å². The molecule has 4 rings (SSSR count). The Hall–Kier alpha value is -0.860. The maximum absolute atomic E-state index is 3.65. The largest absolute Gasteiger partial charge is 0.316 e. The van der Waals surface area contributed by atoms with Crippen LogP contribution < -0.4 is 5.32 Å². The summed E-state index contributed by atoms with van der Waals surface area (Å²) in [6, 6.07) is 11.2. The van der Waals surface area contributed by atoms with Crippen LogP contribution in [0.1, 0.15) is 44.1 Å². The predicted molar refractivity (Wildman–Crippen MR) is 87.6 cm³/mol. The minimum absolute atomic E-state index is 0.488. The summed E-state index contributed by atoms with van der Waals surface area (Å²) in [5.74, 6) is 0. The third-order valence-electron chi connectivity index (χ3n) is 6.07. The molecule has 2 aliphatic heterocycles. The van der Waals surface area contributed by atoms with Crippen molar-refractivity contribution in [2.75, 3.05) is 32.7 Å². The van der Waals surface area contributed by atoms with Crippen LogP contribution in [-0.4, -0.2) is 37.6 Å². The van der Waals surface area contributed by atoms with Crippen LogP contribution in [0.5, 0.6) is 0 Å². The molecule has 1 unspecified atom stereocenters. The minimum atomic E-state index is 0.488. The van der Waals surface area contributed by atoms with Gasteiger partial charge in [0.1, 0.15) is 0 Å². The molecule has 0 radical (unpaired) electrons. The molecule has 21 heavy (non-hydrogen) atoms. The van der Waals surface area contributed by atoms with Gasteiger partial charge in [-0.3, -0.25) is 0 Å². The smallest absolute Gasteiger partial charge is 0.00809 e. The van der Waals surface area contributed by atoms with Gasteiger partial charge in [-0.2, -0.15) is 0 Å². The van der Waals surface area contributed by atoms with Crippen LogP contribution in [0, 0.1) is 5.41 Å². The van der Waals surface area contributed by atoms with Crippen molar-refractivity contribution in [3.63, 3.8) is 0 Å². The molecule has 0 amide bonds. The Morgan fingerprint density at radius 2 is 1.81 bits per heavy atom. The predicted octanol–water partition coefficient (Wildman–Crippen LogP) is 3.18. The lowest BCUT2D eigenvalue weighted by Gasteiger charge is -2.46. The van der Waals surface area contributed by atoms with Crippen molar-refractivity contribution < 1.29 is 0 Å². The molecule has 2 saturated heterocycles. The number of benzene rings is 1. The highest BCUT2D eigenvalue weighted by molar-refractivity contribution is 5.31. The SMILES string of the molecule is c1ccc(C2(CN3CCCC4(CCCNC4)C3)CC2)cc1. The average Bonchev–Trinajstić information content (AvgIpc) is 3.30. The molecular weight excluding hydrogens is 256 g/mol. The molecule has 2 nitrogen and oxygen atoms in total. The second kappa shape index (κ2) is 5.40. The van der Waals surface area contributed by atoms with Crippen LogP contribution in [0.4, 0.5) is 0 Å². The fourth-order valence-electron chi connectivity index (χ4n) is 4.73. The normalized spacial score (nSPS) is 32.2. The summed E-state index contributed by atoms with van der Waals surface area (Å²) in [5, 5.41) is 3.65. The Kier molecular flexibility index (Phi) is 3.55. The maximum Gasteiger partial charge on any atom is 0.00809 e. The zero-order valence-corrected chi connectivity index (χ0v) is 13.1. The standard InChI is InChI=1S/C19H28N2/c1-2-6-17(7-3-1)19(10-11-19)16-21-13-5-9-18(15-21)8-4-12-20-14-18/h1-3,6-7,20H,4-5,8-16H2. The topological polar surface area (TPSA) is 15.3 Å². The molecule has 3 fully saturated rings. The number of hydrogen-bond acceptors (Lipinski definition) is 2. The molecule has 1 atom stereocenters. The fourth-order valence-corrected chi connectivity index (χ4v) is 4.73. The Morgan fingerprint density at radius 3 is 2.52 bits per heavy atom. The highest BCUT2D eigenvalue weighted by Gasteiger charge is 2.47. The van der Waals surface area contributed by atoms with Crippen LogP contribution in [0.15, 0.2) is 30.3 Å². The minimum Gasteiger partial charge on any atom is -0.316 e. The van der Waals surface area contributed by atoms with Gasteiger partial charge in [0.2, 0.25) is 0 Å². The molecule has 1 N–H and O–H groups in total. The Morgan fingerprint density at radius 1 is 1.00 bits per heavy atom. The summed E-state index contributed by atoms with van der Waals surface area (Å²) in [4.78, 5) is 2.79. The summed E-state index contributed by atoms with van der Waals surface area (Å²) in [5.41, 5.74) is 2.65. The van der Waals surface area contributed by atoms with Crippen LogP contribution in [0.3, 0.4) is 0 Å². The lowest BCUT2D eigenvalue weighted by molar-refractivity contribution is 0.0588. The van der Waals surface area contributed by atoms with Crippen molar-refractivity contribution in [2.45, 2.75) is 43.9 Å². The van der Waals surface area contributed by atoms with Gasteiger partial charge in [0.15, 0.2) is 0 Å². The third-order valence-corrected chi connectivity index (χ3v) is 6.07. The Labute approximate surface area is 128 Å². The van der Waals surface area contributed by atoms with Crippen molar-refractivity contribution in [1.82, 2.24) is 10.2 Å². The van der Waals surface area contributed by atoms with Gasteiger partial charge in [0.25, 0.3) is 0 Å². The Bertz CT molecular complexity index is 466.